The topological polar surface area (TPSA) is 41.1 Å². The van der Waals surface area contributed by atoms with Crippen molar-refractivity contribution in [1.82, 2.24) is 10.6 Å². The van der Waals surface area contributed by atoms with Crippen molar-refractivity contribution in [3.8, 4) is 0 Å². The molecule has 0 aromatic heterocycles. The molecular weight excluding hydrogens is 316 g/mol. The van der Waals surface area contributed by atoms with Crippen molar-refractivity contribution in [1.29, 1.82) is 0 Å². The molecule has 3 nitrogen and oxygen atoms in total. The molecule has 0 heterocycles. The van der Waals surface area contributed by atoms with Gasteiger partial charge in [0.05, 0.1) is 0 Å². The van der Waals surface area contributed by atoms with Crippen molar-refractivity contribution in [3.63, 3.8) is 0 Å². The van der Waals surface area contributed by atoms with Gasteiger partial charge in [-0.3, -0.25) is 10.1 Å². The fourth-order valence-corrected chi connectivity index (χ4v) is 2.50. The Morgan fingerprint density at radius 3 is 2.21 bits per heavy atom. The van der Waals surface area contributed by atoms with Crippen molar-refractivity contribution >= 4 is 23.2 Å². The lowest BCUT2D eigenvalue weighted by atomic mass is 9.87. The van der Waals surface area contributed by atoms with Crippen LogP contribution in [0.4, 0.5) is 0 Å². The number of hydrogen-bond donors (Lipinski definition) is 2. The maximum Gasteiger partial charge on any atom is 0.257 e. The van der Waals surface area contributed by atoms with E-state index in [1.54, 1.807) is 0 Å². The summed E-state index contributed by atoms with van der Waals surface area (Å²) in [4.78, 5) is 12.2. The highest BCUT2D eigenvalue weighted by atomic mass is 32.1. The van der Waals surface area contributed by atoms with E-state index in [1.165, 1.54) is 11.1 Å². The zero-order valence-electron chi connectivity index (χ0n) is 14.4. The molecule has 24 heavy (non-hydrogen) atoms. The molecule has 126 valence electrons. The fraction of sp³-hybridized carbons (Fsp3) is 0.300. The molecule has 0 spiro atoms. The molecule has 2 rings (SSSR count). The number of rotatable bonds is 4. The van der Waals surface area contributed by atoms with Crippen LogP contribution in [0.15, 0.2) is 54.6 Å². The highest BCUT2D eigenvalue weighted by Gasteiger charge is 2.14. The normalized spacial score (nSPS) is 11.0. The van der Waals surface area contributed by atoms with E-state index >= 15 is 0 Å². The molecule has 0 aliphatic heterocycles. The minimum absolute atomic E-state index is 0.0727. The van der Waals surface area contributed by atoms with Gasteiger partial charge in [-0.1, -0.05) is 63.2 Å². The molecule has 0 saturated carbocycles. The van der Waals surface area contributed by atoms with Gasteiger partial charge in [-0.15, -0.1) is 0 Å². The van der Waals surface area contributed by atoms with E-state index in [0.717, 1.165) is 6.42 Å². The molecule has 0 atom stereocenters. The molecular formula is C20H24N2OS. The van der Waals surface area contributed by atoms with E-state index in [0.29, 0.717) is 17.2 Å². The molecule has 2 aromatic carbocycles. The van der Waals surface area contributed by atoms with Crippen LogP contribution in [-0.4, -0.2) is 17.6 Å². The van der Waals surface area contributed by atoms with Gasteiger partial charge >= 0.3 is 0 Å². The lowest BCUT2D eigenvalue weighted by Crippen LogP contribution is -2.40. The first-order chi connectivity index (χ1) is 11.4. The summed E-state index contributed by atoms with van der Waals surface area (Å²) >= 11 is 5.19. The smallest absolute Gasteiger partial charge is 0.257 e. The van der Waals surface area contributed by atoms with Crippen LogP contribution in [0.5, 0.6) is 0 Å². The lowest BCUT2D eigenvalue weighted by molar-refractivity contribution is 0.0976. The summed E-state index contributed by atoms with van der Waals surface area (Å²) in [5.74, 6) is -0.187. The third-order valence-electron chi connectivity index (χ3n) is 3.78. The van der Waals surface area contributed by atoms with Crippen LogP contribution in [0, 0.1) is 0 Å². The summed E-state index contributed by atoms with van der Waals surface area (Å²) in [5, 5.41) is 6.15. The van der Waals surface area contributed by atoms with E-state index in [9.17, 15) is 4.79 Å². The van der Waals surface area contributed by atoms with Crippen LogP contribution in [0.25, 0.3) is 0 Å². The van der Waals surface area contributed by atoms with Gasteiger partial charge in [0.2, 0.25) is 0 Å². The van der Waals surface area contributed by atoms with Gasteiger partial charge < -0.3 is 5.32 Å². The van der Waals surface area contributed by atoms with Crippen LogP contribution in [0.1, 0.15) is 42.3 Å². The van der Waals surface area contributed by atoms with Gasteiger partial charge in [0, 0.05) is 12.1 Å². The van der Waals surface area contributed by atoms with Crippen molar-refractivity contribution < 1.29 is 4.79 Å². The van der Waals surface area contributed by atoms with Gasteiger partial charge in [0.25, 0.3) is 5.91 Å². The SMILES string of the molecule is CC(C)(C)c1ccc(C(=O)NC(=S)NCCc2ccccc2)cc1. The number of nitrogens with one attached hydrogen (secondary N) is 2. The number of carbonyl (C=O) groups excluding carboxylic acids is 1. The summed E-state index contributed by atoms with van der Waals surface area (Å²) in [6.07, 6.45) is 0.858. The van der Waals surface area contributed by atoms with Crippen LogP contribution >= 0.6 is 12.2 Å². The van der Waals surface area contributed by atoms with Crippen LogP contribution in [-0.2, 0) is 11.8 Å². The zero-order chi connectivity index (χ0) is 17.6. The molecule has 0 bridgehead atoms. The van der Waals surface area contributed by atoms with E-state index in [1.807, 2.05) is 42.5 Å². The molecule has 0 radical (unpaired) electrons. The van der Waals surface area contributed by atoms with Crippen molar-refractivity contribution in [3.05, 3.63) is 71.3 Å². The fourth-order valence-electron chi connectivity index (χ4n) is 2.31. The quantitative estimate of drug-likeness (QED) is 0.831. The second-order valence-electron chi connectivity index (χ2n) is 6.77. The van der Waals surface area contributed by atoms with Crippen LogP contribution in [0.2, 0.25) is 0 Å². The summed E-state index contributed by atoms with van der Waals surface area (Å²) in [6, 6.07) is 17.8. The second-order valence-corrected chi connectivity index (χ2v) is 7.18. The van der Waals surface area contributed by atoms with E-state index in [-0.39, 0.29) is 11.3 Å². The molecule has 0 saturated heterocycles. The van der Waals surface area contributed by atoms with Gasteiger partial charge in [-0.25, -0.2) is 0 Å². The number of benzene rings is 2. The number of carbonyl (C=O) groups is 1. The molecule has 2 N–H and O–H groups in total. The third-order valence-corrected chi connectivity index (χ3v) is 4.03. The second kappa shape index (κ2) is 8.06. The number of hydrogen-bond acceptors (Lipinski definition) is 2. The molecule has 0 aliphatic carbocycles. The van der Waals surface area contributed by atoms with E-state index < -0.39 is 0 Å². The number of thiocarbonyl (C=S) groups is 1. The Morgan fingerprint density at radius 1 is 1.00 bits per heavy atom. The zero-order valence-corrected chi connectivity index (χ0v) is 15.2. The largest absolute Gasteiger partial charge is 0.362 e. The van der Waals surface area contributed by atoms with Gasteiger partial charge in [0.15, 0.2) is 5.11 Å². The van der Waals surface area contributed by atoms with E-state index in [2.05, 4.69) is 43.5 Å². The molecule has 1 amide bonds. The Hall–Kier alpha value is -2.20. The summed E-state index contributed by atoms with van der Waals surface area (Å²) < 4.78 is 0. The summed E-state index contributed by atoms with van der Waals surface area (Å²) in [6.45, 7) is 7.13. The Kier molecular flexibility index (Phi) is 6.10. The van der Waals surface area contributed by atoms with Crippen molar-refractivity contribution in [2.24, 2.45) is 0 Å². The first kappa shape index (κ1) is 18.1. The Labute approximate surface area is 149 Å². The van der Waals surface area contributed by atoms with Crippen LogP contribution in [0.3, 0.4) is 0 Å². The molecule has 0 aliphatic rings. The maximum absolute atomic E-state index is 12.2. The first-order valence-electron chi connectivity index (χ1n) is 8.10. The Morgan fingerprint density at radius 2 is 1.62 bits per heavy atom. The first-order valence-corrected chi connectivity index (χ1v) is 8.51. The third kappa shape index (κ3) is 5.46. The van der Waals surface area contributed by atoms with Crippen LogP contribution < -0.4 is 10.6 Å². The molecule has 4 heteroatoms. The molecule has 0 fully saturated rings. The predicted molar refractivity (Wildman–Crippen MR) is 103 cm³/mol. The number of amides is 1. The highest BCUT2D eigenvalue weighted by Crippen LogP contribution is 2.22. The Bertz CT molecular complexity index is 688. The van der Waals surface area contributed by atoms with Crippen molar-refractivity contribution in [2.75, 3.05) is 6.54 Å². The minimum atomic E-state index is -0.187. The Balaban J connectivity index is 1.82. The average molecular weight is 340 g/mol. The predicted octanol–water partition coefficient (Wildman–Crippen LogP) is 3.83. The average Bonchev–Trinajstić information content (AvgIpc) is 2.55. The minimum Gasteiger partial charge on any atom is -0.362 e. The van der Waals surface area contributed by atoms with E-state index in [4.69, 9.17) is 12.2 Å². The van der Waals surface area contributed by atoms with Crippen molar-refractivity contribution in [2.45, 2.75) is 32.6 Å². The lowest BCUT2D eigenvalue weighted by Gasteiger charge is -2.19. The molecule has 2 aromatic rings. The molecule has 0 unspecified atom stereocenters. The summed E-state index contributed by atoms with van der Waals surface area (Å²) in [5.41, 5.74) is 3.11. The monoisotopic (exact) mass is 340 g/mol. The van der Waals surface area contributed by atoms with Gasteiger partial charge in [0.1, 0.15) is 0 Å². The highest BCUT2D eigenvalue weighted by molar-refractivity contribution is 7.80. The standard InChI is InChI=1S/C20H24N2OS/c1-20(2,3)17-11-9-16(10-12-17)18(23)22-19(24)21-14-13-15-7-5-4-6-8-15/h4-12H,13-14H2,1-3H3,(H2,21,22,23,24). The van der Waals surface area contributed by atoms with Gasteiger partial charge in [-0.05, 0) is 47.3 Å². The summed E-state index contributed by atoms with van der Waals surface area (Å²) in [7, 11) is 0. The maximum atomic E-state index is 12.2. The van der Waals surface area contributed by atoms with Gasteiger partial charge in [-0.2, -0.15) is 0 Å².